The maximum Gasteiger partial charge on any atom is 0.255 e. The van der Waals surface area contributed by atoms with Crippen LogP contribution in [0.1, 0.15) is 16.1 Å². The number of ether oxygens (including phenoxy) is 3. The Balaban J connectivity index is 1.68. The Hall–Kier alpha value is -3.61. The lowest BCUT2D eigenvalue weighted by Gasteiger charge is -2.14. The van der Waals surface area contributed by atoms with Gasteiger partial charge in [0.2, 0.25) is 5.75 Å². The molecular weight excluding hydrogens is 360 g/mol. The molecule has 1 aromatic heterocycles. The minimum absolute atomic E-state index is 0.282. The van der Waals surface area contributed by atoms with Crippen molar-refractivity contribution in [2.75, 3.05) is 32.0 Å². The van der Waals surface area contributed by atoms with Crippen molar-refractivity contribution in [2.24, 2.45) is 0 Å². The number of benzene rings is 2. The normalized spacial score (nSPS) is 10.2. The molecule has 2 N–H and O–H groups in total. The van der Waals surface area contributed by atoms with Gasteiger partial charge in [-0.15, -0.1) is 0 Å². The Morgan fingerprint density at radius 1 is 0.929 bits per heavy atom. The van der Waals surface area contributed by atoms with Crippen LogP contribution in [-0.4, -0.2) is 27.2 Å². The van der Waals surface area contributed by atoms with E-state index in [0.29, 0.717) is 35.0 Å². The molecule has 3 aromatic rings. The Kier molecular flexibility index (Phi) is 6.06. The maximum atomic E-state index is 12.6. The number of anilines is 2. The van der Waals surface area contributed by atoms with Crippen molar-refractivity contribution in [2.45, 2.75) is 6.54 Å². The standard InChI is InChI=1S/C21H22N2O5/c1-25-18-11-14(12-19(26-2)20(18)27-3)21(24)23-16-8-6-15(7-9-16)22-13-17-5-4-10-28-17/h4-12,22H,13H2,1-3H3,(H,23,24). The quantitative estimate of drug-likeness (QED) is 0.609. The van der Waals surface area contributed by atoms with Gasteiger partial charge in [-0.1, -0.05) is 0 Å². The van der Waals surface area contributed by atoms with Gasteiger partial charge in [-0.25, -0.2) is 0 Å². The smallest absolute Gasteiger partial charge is 0.255 e. The van der Waals surface area contributed by atoms with Gasteiger partial charge in [0.25, 0.3) is 5.91 Å². The topological polar surface area (TPSA) is 82.0 Å². The molecule has 146 valence electrons. The van der Waals surface area contributed by atoms with Gasteiger partial charge in [-0.3, -0.25) is 4.79 Å². The van der Waals surface area contributed by atoms with E-state index in [2.05, 4.69) is 10.6 Å². The van der Waals surface area contributed by atoms with Crippen molar-refractivity contribution in [1.82, 2.24) is 0 Å². The van der Waals surface area contributed by atoms with E-state index in [9.17, 15) is 4.79 Å². The first-order chi connectivity index (χ1) is 13.6. The summed E-state index contributed by atoms with van der Waals surface area (Å²) in [4.78, 5) is 12.6. The van der Waals surface area contributed by atoms with Gasteiger partial charge in [0, 0.05) is 16.9 Å². The second-order valence-corrected chi connectivity index (χ2v) is 5.88. The van der Waals surface area contributed by atoms with Crippen LogP contribution in [0.15, 0.2) is 59.2 Å². The van der Waals surface area contributed by atoms with E-state index in [1.807, 2.05) is 36.4 Å². The first-order valence-electron chi connectivity index (χ1n) is 8.62. The molecule has 0 aliphatic rings. The number of carbonyl (C=O) groups excluding carboxylic acids is 1. The van der Waals surface area contributed by atoms with Gasteiger partial charge in [-0.2, -0.15) is 0 Å². The number of hydrogen-bond donors (Lipinski definition) is 2. The maximum absolute atomic E-state index is 12.6. The first-order valence-corrected chi connectivity index (χ1v) is 8.62. The van der Waals surface area contributed by atoms with Gasteiger partial charge >= 0.3 is 0 Å². The third kappa shape index (κ3) is 4.37. The van der Waals surface area contributed by atoms with Crippen LogP contribution in [0.3, 0.4) is 0 Å². The lowest BCUT2D eigenvalue weighted by molar-refractivity contribution is 0.102. The van der Waals surface area contributed by atoms with Gasteiger partial charge in [0.1, 0.15) is 5.76 Å². The molecule has 3 rings (SSSR count). The van der Waals surface area contributed by atoms with Crippen LogP contribution in [0.2, 0.25) is 0 Å². The molecule has 2 aromatic carbocycles. The second kappa shape index (κ2) is 8.85. The monoisotopic (exact) mass is 382 g/mol. The summed E-state index contributed by atoms with van der Waals surface area (Å²) in [6, 6.07) is 14.4. The molecule has 0 fully saturated rings. The molecule has 0 atom stereocenters. The molecule has 1 amide bonds. The highest BCUT2D eigenvalue weighted by Gasteiger charge is 2.17. The Labute approximate surface area is 163 Å². The summed E-state index contributed by atoms with van der Waals surface area (Å²) in [6.45, 7) is 0.587. The number of rotatable bonds is 8. The minimum atomic E-state index is -0.282. The lowest BCUT2D eigenvalue weighted by Crippen LogP contribution is -2.12. The molecule has 1 heterocycles. The van der Waals surface area contributed by atoms with Crippen LogP contribution in [-0.2, 0) is 6.54 Å². The highest BCUT2D eigenvalue weighted by Crippen LogP contribution is 2.38. The number of hydrogen-bond acceptors (Lipinski definition) is 6. The van der Waals surface area contributed by atoms with Crippen molar-refractivity contribution >= 4 is 17.3 Å². The second-order valence-electron chi connectivity index (χ2n) is 5.88. The molecule has 0 aliphatic heterocycles. The Morgan fingerprint density at radius 2 is 1.57 bits per heavy atom. The zero-order valence-electron chi connectivity index (χ0n) is 15.9. The highest BCUT2D eigenvalue weighted by atomic mass is 16.5. The fourth-order valence-corrected chi connectivity index (χ4v) is 2.69. The largest absolute Gasteiger partial charge is 0.493 e. The van der Waals surface area contributed by atoms with Crippen LogP contribution in [0, 0.1) is 0 Å². The summed E-state index contributed by atoms with van der Waals surface area (Å²) in [5, 5.41) is 6.11. The third-order valence-corrected chi connectivity index (χ3v) is 4.12. The van der Waals surface area contributed by atoms with Crippen molar-refractivity contribution < 1.29 is 23.4 Å². The lowest BCUT2D eigenvalue weighted by atomic mass is 10.1. The summed E-state index contributed by atoms with van der Waals surface area (Å²) in [5.74, 6) is 1.85. The first kappa shape index (κ1) is 19.2. The summed E-state index contributed by atoms with van der Waals surface area (Å²) >= 11 is 0. The number of carbonyl (C=O) groups is 1. The van der Waals surface area contributed by atoms with E-state index in [1.165, 1.54) is 21.3 Å². The van der Waals surface area contributed by atoms with Crippen LogP contribution in [0.4, 0.5) is 11.4 Å². The molecule has 0 radical (unpaired) electrons. The fraction of sp³-hybridized carbons (Fsp3) is 0.190. The molecule has 0 bridgehead atoms. The Bertz CT molecular complexity index is 895. The predicted octanol–water partition coefficient (Wildman–Crippen LogP) is 4.17. The van der Waals surface area contributed by atoms with Crippen molar-refractivity contribution in [3.05, 3.63) is 66.1 Å². The molecule has 0 unspecified atom stereocenters. The molecule has 0 saturated carbocycles. The van der Waals surface area contributed by atoms with Crippen LogP contribution < -0.4 is 24.8 Å². The molecular formula is C21H22N2O5. The van der Waals surface area contributed by atoms with Gasteiger partial charge in [-0.05, 0) is 48.5 Å². The zero-order chi connectivity index (χ0) is 19.9. The minimum Gasteiger partial charge on any atom is -0.493 e. The third-order valence-electron chi connectivity index (χ3n) is 4.12. The molecule has 7 heteroatoms. The Morgan fingerprint density at radius 3 is 2.11 bits per heavy atom. The molecule has 7 nitrogen and oxygen atoms in total. The zero-order valence-corrected chi connectivity index (χ0v) is 15.9. The number of methoxy groups -OCH3 is 3. The van der Waals surface area contributed by atoms with Crippen molar-refractivity contribution in [3.8, 4) is 17.2 Å². The van der Waals surface area contributed by atoms with Crippen molar-refractivity contribution in [1.29, 1.82) is 0 Å². The molecule has 28 heavy (non-hydrogen) atoms. The molecule has 0 saturated heterocycles. The van der Waals surface area contributed by atoms with Crippen LogP contribution in [0.25, 0.3) is 0 Å². The van der Waals surface area contributed by atoms with Crippen LogP contribution in [0.5, 0.6) is 17.2 Å². The number of furan rings is 1. The average Bonchev–Trinajstić information content (AvgIpc) is 3.25. The van der Waals surface area contributed by atoms with E-state index >= 15 is 0 Å². The summed E-state index contributed by atoms with van der Waals surface area (Å²) in [6.07, 6.45) is 1.64. The van der Waals surface area contributed by atoms with E-state index in [0.717, 1.165) is 11.4 Å². The number of nitrogens with one attached hydrogen (secondary N) is 2. The average molecular weight is 382 g/mol. The highest BCUT2D eigenvalue weighted by molar-refractivity contribution is 6.05. The van der Waals surface area contributed by atoms with Crippen molar-refractivity contribution in [3.63, 3.8) is 0 Å². The van der Waals surface area contributed by atoms with E-state index < -0.39 is 0 Å². The van der Waals surface area contributed by atoms with Gasteiger partial charge in [0.05, 0.1) is 34.1 Å². The number of amides is 1. The van der Waals surface area contributed by atoms with E-state index in [-0.39, 0.29) is 5.91 Å². The molecule has 0 aliphatic carbocycles. The SMILES string of the molecule is COc1cc(C(=O)Nc2ccc(NCc3ccco3)cc2)cc(OC)c1OC. The predicted molar refractivity (Wildman–Crippen MR) is 107 cm³/mol. The van der Waals surface area contributed by atoms with E-state index in [4.69, 9.17) is 18.6 Å². The van der Waals surface area contributed by atoms with Crippen LogP contribution >= 0.6 is 0 Å². The van der Waals surface area contributed by atoms with Gasteiger partial charge < -0.3 is 29.3 Å². The molecule has 0 spiro atoms. The van der Waals surface area contributed by atoms with E-state index in [1.54, 1.807) is 18.4 Å². The summed E-state index contributed by atoms with van der Waals surface area (Å²) < 4.78 is 21.1. The van der Waals surface area contributed by atoms with Gasteiger partial charge in [0.15, 0.2) is 11.5 Å². The summed E-state index contributed by atoms with van der Waals surface area (Å²) in [5.41, 5.74) is 1.99. The fourth-order valence-electron chi connectivity index (χ4n) is 2.69. The summed E-state index contributed by atoms with van der Waals surface area (Å²) in [7, 11) is 4.53.